The first kappa shape index (κ1) is 20.7. The summed E-state index contributed by atoms with van der Waals surface area (Å²) in [6.45, 7) is 1.68. The summed E-state index contributed by atoms with van der Waals surface area (Å²) in [6, 6.07) is 9.19. The summed E-state index contributed by atoms with van der Waals surface area (Å²) in [5, 5.41) is 3.91. The van der Waals surface area contributed by atoms with Gasteiger partial charge in [-0.05, 0) is 37.6 Å². The normalized spacial score (nSPS) is 16.5. The highest BCUT2D eigenvalue weighted by Crippen LogP contribution is 2.22. The Hall–Kier alpha value is -3.60. The number of sulfonamides is 1. The fraction of sp³-hybridized carbons (Fsp3) is 0.250. The van der Waals surface area contributed by atoms with Crippen LogP contribution in [0.15, 0.2) is 63.2 Å². The Bertz CT molecular complexity index is 1220. The van der Waals surface area contributed by atoms with E-state index in [9.17, 15) is 13.2 Å². The zero-order valence-corrected chi connectivity index (χ0v) is 17.4. The van der Waals surface area contributed by atoms with E-state index < -0.39 is 22.0 Å². The Morgan fingerprint density at radius 1 is 1.26 bits per heavy atom. The van der Waals surface area contributed by atoms with Gasteiger partial charge in [0.2, 0.25) is 11.7 Å². The predicted molar refractivity (Wildman–Crippen MR) is 110 cm³/mol. The van der Waals surface area contributed by atoms with Gasteiger partial charge < -0.3 is 9.26 Å². The number of aryl methyl sites for hydroxylation is 1. The Balaban J connectivity index is 1.29. The van der Waals surface area contributed by atoms with Crippen LogP contribution in [0.2, 0.25) is 0 Å². The minimum atomic E-state index is -3.66. The fourth-order valence-corrected chi connectivity index (χ4v) is 4.20. The van der Waals surface area contributed by atoms with E-state index in [-0.39, 0.29) is 17.3 Å². The van der Waals surface area contributed by atoms with Gasteiger partial charge in [0, 0.05) is 29.9 Å². The summed E-state index contributed by atoms with van der Waals surface area (Å²) in [7, 11) is -3.66. The molecule has 0 amide bonds. The van der Waals surface area contributed by atoms with Crippen molar-refractivity contribution in [3.8, 4) is 11.4 Å². The monoisotopic (exact) mass is 441 g/mol. The van der Waals surface area contributed by atoms with Gasteiger partial charge in [-0.25, -0.2) is 13.2 Å². The molecule has 1 atom stereocenters. The van der Waals surface area contributed by atoms with Crippen LogP contribution in [0, 0.1) is 0 Å². The minimum Gasteiger partial charge on any atom is -0.464 e. The second-order valence-electron chi connectivity index (χ2n) is 6.78. The van der Waals surface area contributed by atoms with Crippen molar-refractivity contribution < 1.29 is 22.5 Å². The van der Waals surface area contributed by atoms with Crippen LogP contribution in [-0.2, 0) is 26.0 Å². The molecule has 3 heterocycles. The molecule has 1 N–H and O–H groups in total. The third-order valence-electron chi connectivity index (χ3n) is 4.49. The number of aromatic nitrogens is 3. The lowest BCUT2D eigenvalue weighted by Gasteiger charge is -2.08. The molecule has 0 bridgehead atoms. The number of fused-ring (bicyclic) bond motifs is 1. The summed E-state index contributed by atoms with van der Waals surface area (Å²) < 4.78 is 37.1. The average Bonchev–Trinajstić information content (AvgIpc) is 3.34. The molecule has 11 heteroatoms. The Morgan fingerprint density at radius 2 is 2.10 bits per heavy atom. The van der Waals surface area contributed by atoms with Crippen LogP contribution < -0.4 is 4.72 Å². The number of rotatable bonds is 7. The number of nitrogens with zero attached hydrogens (tertiary/aromatic N) is 4. The van der Waals surface area contributed by atoms with Crippen LogP contribution in [0.4, 0.5) is 0 Å². The van der Waals surface area contributed by atoms with Crippen molar-refractivity contribution in [2.24, 2.45) is 4.99 Å². The topological polar surface area (TPSA) is 137 Å². The zero-order chi connectivity index (χ0) is 21.8. The maximum Gasteiger partial charge on any atom is 0.330 e. The molecule has 4 rings (SSSR count). The number of carbonyl (C=O) groups excluding carboxylic acids is 1. The Labute approximate surface area is 178 Å². The van der Waals surface area contributed by atoms with E-state index in [1.165, 1.54) is 6.07 Å². The summed E-state index contributed by atoms with van der Waals surface area (Å²) in [5.41, 5.74) is 1.18. The number of aliphatic imine (C=N–C) groups is 1. The molecule has 0 aliphatic carbocycles. The molecule has 0 saturated heterocycles. The number of ether oxygens (including phenoxy) is 1. The number of amidine groups is 1. The maximum atomic E-state index is 12.2. The lowest BCUT2D eigenvalue weighted by molar-refractivity contribution is -0.144. The minimum absolute atomic E-state index is 0.133. The molecule has 1 aliphatic heterocycles. The number of benzene rings is 1. The molecule has 1 aromatic carbocycles. The maximum absolute atomic E-state index is 12.2. The second kappa shape index (κ2) is 8.64. The van der Waals surface area contributed by atoms with Gasteiger partial charge in [0.15, 0.2) is 0 Å². The van der Waals surface area contributed by atoms with Gasteiger partial charge in [0.25, 0.3) is 10.0 Å². The van der Waals surface area contributed by atoms with Gasteiger partial charge >= 0.3 is 5.97 Å². The van der Waals surface area contributed by atoms with Gasteiger partial charge in [0.1, 0.15) is 11.9 Å². The molecule has 0 saturated carbocycles. The lowest BCUT2D eigenvalue weighted by atomic mass is 10.2. The summed E-state index contributed by atoms with van der Waals surface area (Å²) in [4.78, 5) is 24.9. The number of nitrogens with one attached hydrogen (secondary N) is 1. The number of pyridine rings is 1. The van der Waals surface area contributed by atoms with E-state index in [0.29, 0.717) is 30.1 Å². The first-order valence-electron chi connectivity index (χ1n) is 9.54. The van der Waals surface area contributed by atoms with E-state index >= 15 is 0 Å². The van der Waals surface area contributed by atoms with Crippen molar-refractivity contribution in [3.63, 3.8) is 0 Å². The zero-order valence-electron chi connectivity index (χ0n) is 16.6. The quantitative estimate of drug-likeness (QED) is 0.432. The van der Waals surface area contributed by atoms with Gasteiger partial charge in [-0.1, -0.05) is 17.3 Å². The predicted octanol–water partition coefficient (Wildman–Crippen LogP) is 1.73. The third-order valence-corrected chi connectivity index (χ3v) is 5.89. The molecule has 0 spiro atoms. The summed E-state index contributed by atoms with van der Waals surface area (Å²) >= 11 is 0. The molecule has 31 heavy (non-hydrogen) atoms. The smallest absolute Gasteiger partial charge is 0.330 e. The second-order valence-corrected chi connectivity index (χ2v) is 8.43. The number of hydrogen-bond donors (Lipinski definition) is 1. The summed E-state index contributed by atoms with van der Waals surface area (Å²) in [5.74, 6) is 0.454. The van der Waals surface area contributed by atoms with Crippen molar-refractivity contribution >= 4 is 21.8 Å². The number of esters is 1. The Morgan fingerprint density at radius 3 is 2.90 bits per heavy atom. The molecule has 160 valence electrons. The van der Waals surface area contributed by atoms with Crippen LogP contribution in [0.3, 0.4) is 0 Å². The molecular formula is C20H19N5O5S. The largest absolute Gasteiger partial charge is 0.464 e. The van der Waals surface area contributed by atoms with Crippen molar-refractivity contribution in [1.29, 1.82) is 0 Å². The SMILES string of the molecule is C[C@H](N=C1NS(=O)(=O)c2ccccc21)C(=O)OCCCc1nc(-c2cccnc2)no1. The van der Waals surface area contributed by atoms with Crippen LogP contribution >= 0.6 is 0 Å². The van der Waals surface area contributed by atoms with Gasteiger partial charge in [-0.3, -0.25) is 14.7 Å². The molecule has 1 aliphatic rings. The van der Waals surface area contributed by atoms with Gasteiger partial charge in [-0.15, -0.1) is 0 Å². The highest BCUT2D eigenvalue weighted by molar-refractivity contribution is 7.90. The van der Waals surface area contributed by atoms with Crippen LogP contribution in [0.5, 0.6) is 0 Å². The van der Waals surface area contributed by atoms with Crippen LogP contribution in [0.25, 0.3) is 11.4 Å². The van der Waals surface area contributed by atoms with E-state index in [4.69, 9.17) is 9.26 Å². The number of hydrogen-bond acceptors (Lipinski definition) is 9. The molecule has 10 nitrogen and oxygen atoms in total. The van der Waals surface area contributed by atoms with Gasteiger partial charge in [-0.2, -0.15) is 4.98 Å². The molecule has 0 unspecified atom stereocenters. The Kier molecular flexibility index (Phi) is 5.76. The van der Waals surface area contributed by atoms with Crippen molar-refractivity contribution in [3.05, 3.63) is 60.2 Å². The van der Waals surface area contributed by atoms with Crippen LogP contribution in [0.1, 0.15) is 24.8 Å². The lowest BCUT2D eigenvalue weighted by Crippen LogP contribution is -2.27. The average molecular weight is 441 g/mol. The van der Waals surface area contributed by atoms with E-state index in [2.05, 4.69) is 24.8 Å². The summed E-state index contributed by atoms with van der Waals surface area (Å²) in [6.07, 6.45) is 4.23. The molecule has 2 aromatic heterocycles. The highest BCUT2D eigenvalue weighted by Gasteiger charge is 2.31. The van der Waals surface area contributed by atoms with Crippen molar-refractivity contribution in [2.75, 3.05) is 6.61 Å². The van der Waals surface area contributed by atoms with Crippen molar-refractivity contribution in [2.45, 2.75) is 30.7 Å². The van der Waals surface area contributed by atoms with Gasteiger partial charge in [0.05, 0.1) is 11.5 Å². The standard InChI is InChI=1S/C20H19N5O5S/c1-13(22-19-15-7-2-3-8-16(15)31(27,28)25-19)20(26)29-11-5-9-17-23-18(24-30-17)14-6-4-10-21-12-14/h2-4,6-8,10,12-13H,5,9,11H2,1H3,(H,22,25)/t13-/m0/s1. The first-order valence-corrected chi connectivity index (χ1v) is 11.0. The highest BCUT2D eigenvalue weighted by atomic mass is 32.2. The van der Waals surface area contributed by atoms with E-state index in [1.807, 2.05) is 6.07 Å². The number of carbonyl (C=O) groups is 1. The third kappa shape index (κ3) is 4.61. The van der Waals surface area contributed by atoms with Crippen LogP contribution in [-0.4, -0.2) is 48.0 Å². The van der Waals surface area contributed by atoms with E-state index in [1.54, 1.807) is 43.6 Å². The van der Waals surface area contributed by atoms with E-state index in [0.717, 1.165) is 5.56 Å². The molecule has 3 aromatic rings. The van der Waals surface area contributed by atoms with Crippen molar-refractivity contribution in [1.82, 2.24) is 19.8 Å². The first-order chi connectivity index (χ1) is 14.9. The molecule has 0 radical (unpaired) electrons. The fourth-order valence-electron chi connectivity index (χ4n) is 2.96. The molecular weight excluding hydrogens is 422 g/mol. The molecule has 0 fully saturated rings.